The quantitative estimate of drug-likeness (QED) is 0.486. The number of aromatic nitrogens is 4. The minimum absolute atomic E-state index is 0.0310. The van der Waals surface area contributed by atoms with Gasteiger partial charge >= 0.3 is 6.09 Å². The van der Waals surface area contributed by atoms with Crippen LogP contribution in [0.25, 0.3) is 11.2 Å². The van der Waals surface area contributed by atoms with E-state index in [0.29, 0.717) is 12.0 Å². The molecule has 2 aliphatic rings. The predicted octanol–water partition coefficient (Wildman–Crippen LogP) is 2.56. The Kier molecular flexibility index (Phi) is 6.21. The van der Waals surface area contributed by atoms with E-state index in [4.69, 9.17) is 15.1 Å². The summed E-state index contributed by atoms with van der Waals surface area (Å²) in [6.45, 7) is 6.25. The lowest BCUT2D eigenvalue weighted by Crippen LogP contribution is -2.39. The molecule has 2 aromatic rings. The minimum atomic E-state index is -0.948. The average Bonchev–Trinajstić information content (AvgIpc) is 3.14. The van der Waals surface area contributed by atoms with Crippen molar-refractivity contribution in [3.05, 3.63) is 6.33 Å². The van der Waals surface area contributed by atoms with Crippen molar-refractivity contribution in [2.75, 3.05) is 23.7 Å². The Labute approximate surface area is 176 Å². The molecule has 0 bridgehead atoms. The van der Waals surface area contributed by atoms with Gasteiger partial charge in [-0.05, 0) is 65.5 Å². The molecule has 1 saturated heterocycles. The van der Waals surface area contributed by atoms with Crippen LogP contribution in [0.1, 0.15) is 58.4 Å². The standard InChI is InChI=1S/C20H32N8O2/c1-12(2)28-11-22-16-17(23-15-7-9-21-10-8-15)26-19(27-18(16)28)24-13-3-5-14(6-4-13)25-20(29)30/h11-15,21,25H,3-10H2,1-2H3,(H,29,30)(H2,23,24,26,27). The molecule has 1 saturated carbocycles. The number of carbonyl (C=O) groups is 1. The summed E-state index contributed by atoms with van der Waals surface area (Å²) >= 11 is 0. The Morgan fingerprint density at radius 3 is 2.40 bits per heavy atom. The largest absolute Gasteiger partial charge is 0.465 e. The van der Waals surface area contributed by atoms with E-state index in [1.54, 1.807) is 0 Å². The summed E-state index contributed by atoms with van der Waals surface area (Å²) < 4.78 is 2.07. The molecule has 1 aliphatic heterocycles. The van der Waals surface area contributed by atoms with Crippen molar-refractivity contribution >= 4 is 29.0 Å². The molecule has 10 heteroatoms. The summed E-state index contributed by atoms with van der Waals surface area (Å²) in [4.78, 5) is 25.0. The number of nitrogens with one attached hydrogen (secondary N) is 4. The molecule has 10 nitrogen and oxygen atoms in total. The first-order valence-corrected chi connectivity index (χ1v) is 11.0. The summed E-state index contributed by atoms with van der Waals surface area (Å²) in [5.74, 6) is 1.39. The van der Waals surface area contributed by atoms with Crippen LogP contribution in [0, 0.1) is 0 Å². The molecule has 164 valence electrons. The summed E-state index contributed by atoms with van der Waals surface area (Å²) in [6.07, 6.45) is 6.39. The van der Waals surface area contributed by atoms with E-state index in [0.717, 1.165) is 68.6 Å². The number of nitrogens with zero attached hydrogens (tertiary/aromatic N) is 4. The highest BCUT2D eigenvalue weighted by atomic mass is 16.4. The smallest absolute Gasteiger partial charge is 0.404 e. The fourth-order valence-electron chi connectivity index (χ4n) is 4.36. The van der Waals surface area contributed by atoms with E-state index in [9.17, 15) is 4.79 Å². The molecule has 2 fully saturated rings. The van der Waals surface area contributed by atoms with E-state index in [1.807, 2.05) is 6.33 Å². The van der Waals surface area contributed by atoms with Crippen molar-refractivity contribution in [3.8, 4) is 0 Å². The molecule has 0 aromatic carbocycles. The van der Waals surface area contributed by atoms with Gasteiger partial charge in [0.1, 0.15) is 0 Å². The highest BCUT2D eigenvalue weighted by Gasteiger charge is 2.24. The van der Waals surface area contributed by atoms with Gasteiger partial charge in [0.25, 0.3) is 0 Å². The first-order chi connectivity index (χ1) is 14.5. The van der Waals surface area contributed by atoms with Gasteiger partial charge in [-0.15, -0.1) is 0 Å². The number of rotatable bonds is 6. The lowest BCUT2D eigenvalue weighted by atomic mass is 9.91. The van der Waals surface area contributed by atoms with Crippen molar-refractivity contribution in [3.63, 3.8) is 0 Å². The molecule has 0 radical (unpaired) electrons. The summed E-state index contributed by atoms with van der Waals surface area (Å²) in [7, 11) is 0. The van der Waals surface area contributed by atoms with Crippen molar-refractivity contribution in [2.24, 2.45) is 0 Å². The van der Waals surface area contributed by atoms with Crippen molar-refractivity contribution in [2.45, 2.75) is 76.5 Å². The maximum absolute atomic E-state index is 10.9. The van der Waals surface area contributed by atoms with Crippen LogP contribution in [0.2, 0.25) is 0 Å². The van der Waals surface area contributed by atoms with Gasteiger partial charge in [-0.2, -0.15) is 9.97 Å². The highest BCUT2D eigenvalue weighted by Crippen LogP contribution is 2.27. The van der Waals surface area contributed by atoms with Gasteiger partial charge < -0.3 is 30.9 Å². The van der Waals surface area contributed by atoms with Gasteiger partial charge in [0.2, 0.25) is 5.95 Å². The Morgan fingerprint density at radius 1 is 1.07 bits per heavy atom. The van der Waals surface area contributed by atoms with Gasteiger partial charge in [-0.3, -0.25) is 0 Å². The van der Waals surface area contributed by atoms with E-state index in [-0.39, 0.29) is 18.1 Å². The second kappa shape index (κ2) is 9.03. The molecule has 3 heterocycles. The molecule has 2 aromatic heterocycles. The normalized spacial score (nSPS) is 22.9. The number of hydrogen-bond donors (Lipinski definition) is 5. The van der Waals surface area contributed by atoms with Crippen LogP contribution in [0.15, 0.2) is 6.33 Å². The Morgan fingerprint density at radius 2 is 1.73 bits per heavy atom. The van der Waals surface area contributed by atoms with E-state index in [2.05, 4.69) is 44.7 Å². The fourth-order valence-corrected chi connectivity index (χ4v) is 4.36. The third-order valence-electron chi connectivity index (χ3n) is 6.05. The third-order valence-corrected chi connectivity index (χ3v) is 6.05. The molecule has 0 atom stereocenters. The molecule has 5 N–H and O–H groups in total. The van der Waals surface area contributed by atoms with Crippen molar-refractivity contribution in [1.82, 2.24) is 30.2 Å². The number of anilines is 2. The van der Waals surface area contributed by atoms with Crippen LogP contribution in [-0.2, 0) is 0 Å². The average molecular weight is 417 g/mol. The number of hydrogen-bond acceptors (Lipinski definition) is 7. The van der Waals surface area contributed by atoms with Crippen LogP contribution < -0.4 is 21.3 Å². The second-order valence-electron chi connectivity index (χ2n) is 8.62. The van der Waals surface area contributed by atoms with Gasteiger partial charge in [0, 0.05) is 24.2 Å². The second-order valence-corrected chi connectivity index (χ2v) is 8.62. The van der Waals surface area contributed by atoms with Crippen molar-refractivity contribution in [1.29, 1.82) is 0 Å². The van der Waals surface area contributed by atoms with Gasteiger partial charge in [0.05, 0.1) is 6.33 Å². The molecule has 0 unspecified atom stereocenters. The van der Waals surface area contributed by atoms with Crippen molar-refractivity contribution < 1.29 is 9.90 Å². The monoisotopic (exact) mass is 416 g/mol. The lowest BCUT2D eigenvalue weighted by Gasteiger charge is -2.29. The number of piperidine rings is 1. The van der Waals surface area contributed by atoms with Gasteiger partial charge in [0.15, 0.2) is 17.0 Å². The summed E-state index contributed by atoms with van der Waals surface area (Å²) in [5, 5.41) is 22.0. The Hall–Kier alpha value is -2.62. The number of fused-ring (bicyclic) bond motifs is 1. The van der Waals surface area contributed by atoms with Gasteiger partial charge in [-0.1, -0.05) is 0 Å². The highest BCUT2D eigenvalue weighted by molar-refractivity contribution is 5.84. The van der Waals surface area contributed by atoms with E-state index in [1.165, 1.54) is 0 Å². The van der Waals surface area contributed by atoms with Crippen LogP contribution in [-0.4, -0.2) is 61.9 Å². The zero-order valence-electron chi connectivity index (χ0n) is 17.7. The van der Waals surface area contributed by atoms with Crippen LogP contribution in [0.4, 0.5) is 16.6 Å². The summed E-state index contributed by atoms with van der Waals surface area (Å²) in [5.41, 5.74) is 1.64. The third kappa shape index (κ3) is 4.75. The van der Waals surface area contributed by atoms with Crippen LogP contribution >= 0.6 is 0 Å². The number of imidazole rings is 1. The number of carboxylic acid groups (broad SMARTS) is 1. The minimum Gasteiger partial charge on any atom is -0.465 e. The number of amides is 1. The fraction of sp³-hybridized carbons (Fsp3) is 0.700. The first kappa shape index (κ1) is 20.6. The molecule has 30 heavy (non-hydrogen) atoms. The summed E-state index contributed by atoms with van der Waals surface area (Å²) in [6, 6.07) is 0.890. The maximum Gasteiger partial charge on any atom is 0.404 e. The lowest BCUT2D eigenvalue weighted by molar-refractivity contribution is 0.185. The van der Waals surface area contributed by atoms with E-state index < -0.39 is 6.09 Å². The molecular weight excluding hydrogens is 384 g/mol. The zero-order valence-corrected chi connectivity index (χ0v) is 17.7. The topological polar surface area (TPSA) is 129 Å². The molecular formula is C20H32N8O2. The zero-order chi connectivity index (χ0) is 21.1. The van der Waals surface area contributed by atoms with Crippen LogP contribution in [0.5, 0.6) is 0 Å². The SMILES string of the molecule is CC(C)n1cnc2c(NC3CCNCC3)nc(NC3CCC(NC(=O)O)CC3)nc21. The van der Waals surface area contributed by atoms with Gasteiger partial charge in [-0.25, -0.2) is 9.78 Å². The first-order valence-electron chi connectivity index (χ1n) is 11.0. The van der Waals surface area contributed by atoms with Crippen LogP contribution in [0.3, 0.4) is 0 Å². The Balaban J connectivity index is 1.53. The molecule has 1 aliphatic carbocycles. The Bertz CT molecular complexity index is 869. The predicted molar refractivity (Wildman–Crippen MR) is 116 cm³/mol. The molecule has 1 amide bonds. The molecule has 0 spiro atoms. The maximum atomic E-state index is 10.9. The van der Waals surface area contributed by atoms with E-state index >= 15 is 0 Å². The molecule has 4 rings (SSSR count).